The lowest BCUT2D eigenvalue weighted by atomic mass is 10.1. The summed E-state index contributed by atoms with van der Waals surface area (Å²) in [6, 6.07) is 2.13. The predicted molar refractivity (Wildman–Crippen MR) is 58.5 cm³/mol. The van der Waals surface area contributed by atoms with E-state index in [-0.39, 0.29) is 6.04 Å². The molecule has 0 unspecified atom stereocenters. The Labute approximate surface area is 95.9 Å². The van der Waals surface area contributed by atoms with Gasteiger partial charge < -0.3 is 10.1 Å². The molecule has 5 heteroatoms. The summed E-state index contributed by atoms with van der Waals surface area (Å²) in [4.78, 5) is 4.08. The Bertz CT molecular complexity index is 329. The van der Waals surface area contributed by atoms with Gasteiger partial charge in [0.2, 0.25) is 0 Å². The maximum Gasteiger partial charge on any atom is 0.133 e. The smallest absolute Gasteiger partial charge is 0.133 e. The van der Waals surface area contributed by atoms with Gasteiger partial charge in [-0.05, 0) is 22.0 Å². The number of halogens is 2. The molecule has 0 radical (unpaired) electrons. The number of nitrogens with zero attached hydrogens (tertiary/aromatic N) is 1. The van der Waals surface area contributed by atoms with Crippen LogP contribution in [0.3, 0.4) is 0 Å². The van der Waals surface area contributed by atoms with Gasteiger partial charge in [-0.25, -0.2) is 4.98 Å². The van der Waals surface area contributed by atoms with Gasteiger partial charge in [-0.15, -0.1) is 0 Å². The topological polar surface area (TPSA) is 34.1 Å². The molecular weight excluding hydrogens is 267 g/mol. The van der Waals surface area contributed by atoms with Gasteiger partial charge in [0.1, 0.15) is 5.15 Å². The molecule has 14 heavy (non-hydrogen) atoms. The Morgan fingerprint density at radius 1 is 1.64 bits per heavy atom. The van der Waals surface area contributed by atoms with Gasteiger partial charge in [0.25, 0.3) is 0 Å². The van der Waals surface area contributed by atoms with E-state index in [0.717, 1.165) is 23.2 Å². The van der Waals surface area contributed by atoms with Gasteiger partial charge in [-0.3, -0.25) is 0 Å². The third kappa shape index (κ3) is 2.25. The van der Waals surface area contributed by atoms with Crippen molar-refractivity contribution in [3.8, 4) is 0 Å². The van der Waals surface area contributed by atoms with Crippen LogP contribution in [0.2, 0.25) is 5.15 Å². The zero-order valence-corrected chi connectivity index (χ0v) is 9.81. The van der Waals surface area contributed by atoms with Crippen LogP contribution < -0.4 is 5.32 Å². The van der Waals surface area contributed by atoms with Crippen LogP contribution in [0.5, 0.6) is 0 Å². The van der Waals surface area contributed by atoms with E-state index in [0.29, 0.717) is 11.8 Å². The highest BCUT2D eigenvalue weighted by atomic mass is 79.9. The van der Waals surface area contributed by atoms with E-state index < -0.39 is 0 Å². The van der Waals surface area contributed by atoms with Crippen molar-refractivity contribution in [2.75, 3.05) is 19.8 Å². The number of hydrogen-bond acceptors (Lipinski definition) is 3. The number of morpholine rings is 1. The molecule has 3 nitrogen and oxygen atoms in total. The molecule has 1 aliphatic rings. The number of hydrogen-bond donors (Lipinski definition) is 1. The lowest BCUT2D eigenvalue weighted by Crippen LogP contribution is -2.34. The molecule has 1 atom stereocenters. The van der Waals surface area contributed by atoms with E-state index in [2.05, 4.69) is 26.2 Å². The highest BCUT2D eigenvalue weighted by Gasteiger charge is 2.18. The molecule has 0 saturated carbocycles. The summed E-state index contributed by atoms with van der Waals surface area (Å²) in [5.74, 6) is 0. The van der Waals surface area contributed by atoms with Gasteiger partial charge in [-0.2, -0.15) is 0 Å². The summed E-state index contributed by atoms with van der Waals surface area (Å²) in [6.07, 6.45) is 1.69. The molecule has 1 fully saturated rings. The standard InChI is InChI=1S/C9H10BrClN2O/c10-6-3-7(9(11)13-4-6)8-5-14-2-1-12-8/h3-4,8,12H,1-2,5H2/t8-/m1/s1. The number of ether oxygens (including phenoxy) is 1. The maximum atomic E-state index is 6.00. The maximum absolute atomic E-state index is 6.00. The third-order valence-electron chi connectivity index (χ3n) is 2.13. The fraction of sp³-hybridized carbons (Fsp3) is 0.444. The van der Waals surface area contributed by atoms with Gasteiger partial charge in [0.05, 0.1) is 19.3 Å². The second-order valence-corrected chi connectivity index (χ2v) is 4.39. The second kappa shape index (κ2) is 4.57. The van der Waals surface area contributed by atoms with Crippen LogP contribution in [-0.2, 0) is 4.74 Å². The fourth-order valence-electron chi connectivity index (χ4n) is 1.45. The summed E-state index contributed by atoms with van der Waals surface area (Å²) in [5.41, 5.74) is 0.987. The molecule has 76 valence electrons. The van der Waals surface area contributed by atoms with Crippen molar-refractivity contribution in [1.82, 2.24) is 10.3 Å². The van der Waals surface area contributed by atoms with Crippen LogP contribution in [0.25, 0.3) is 0 Å². The lowest BCUT2D eigenvalue weighted by molar-refractivity contribution is 0.0768. The molecule has 0 amide bonds. The number of nitrogens with one attached hydrogen (secondary N) is 1. The van der Waals surface area contributed by atoms with Gasteiger partial charge in [0, 0.05) is 22.8 Å². The van der Waals surface area contributed by atoms with Crippen molar-refractivity contribution in [1.29, 1.82) is 0 Å². The SMILES string of the molecule is Clc1ncc(Br)cc1[C@H]1COCCN1. The Morgan fingerprint density at radius 3 is 3.21 bits per heavy atom. The van der Waals surface area contributed by atoms with Crippen LogP contribution in [0.15, 0.2) is 16.7 Å². The molecular formula is C9H10BrClN2O. The average Bonchev–Trinajstić information content (AvgIpc) is 2.23. The highest BCUT2D eigenvalue weighted by Crippen LogP contribution is 2.25. The molecule has 1 aliphatic heterocycles. The molecule has 1 aromatic rings. The number of aromatic nitrogens is 1. The minimum Gasteiger partial charge on any atom is -0.378 e. The molecule has 1 N–H and O–H groups in total. The van der Waals surface area contributed by atoms with E-state index in [9.17, 15) is 0 Å². The van der Waals surface area contributed by atoms with Crippen molar-refractivity contribution >= 4 is 27.5 Å². The molecule has 1 saturated heterocycles. The average molecular weight is 278 g/mol. The van der Waals surface area contributed by atoms with Crippen molar-refractivity contribution < 1.29 is 4.74 Å². The summed E-state index contributed by atoms with van der Waals surface area (Å²) < 4.78 is 6.30. The largest absolute Gasteiger partial charge is 0.378 e. The third-order valence-corrected chi connectivity index (χ3v) is 2.88. The zero-order valence-electron chi connectivity index (χ0n) is 7.46. The van der Waals surface area contributed by atoms with Crippen molar-refractivity contribution in [2.45, 2.75) is 6.04 Å². The van der Waals surface area contributed by atoms with Crippen molar-refractivity contribution in [3.05, 3.63) is 27.5 Å². The van der Waals surface area contributed by atoms with Crippen LogP contribution in [0.4, 0.5) is 0 Å². The number of rotatable bonds is 1. The zero-order chi connectivity index (χ0) is 9.97. The molecule has 1 aromatic heterocycles. The first-order valence-corrected chi connectivity index (χ1v) is 5.56. The summed E-state index contributed by atoms with van der Waals surface area (Å²) in [5, 5.41) is 3.87. The van der Waals surface area contributed by atoms with E-state index in [1.165, 1.54) is 0 Å². The minimum atomic E-state index is 0.154. The Kier molecular flexibility index (Phi) is 3.38. The lowest BCUT2D eigenvalue weighted by Gasteiger charge is -2.24. The van der Waals surface area contributed by atoms with Crippen LogP contribution in [0, 0.1) is 0 Å². The highest BCUT2D eigenvalue weighted by molar-refractivity contribution is 9.10. The number of pyridine rings is 1. The Hall–Kier alpha value is -0.160. The summed E-state index contributed by atoms with van der Waals surface area (Å²) in [7, 11) is 0. The fourth-order valence-corrected chi connectivity index (χ4v) is 2.03. The molecule has 0 spiro atoms. The first-order chi connectivity index (χ1) is 6.77. The van der Waals surface area contributed by atoms with Crippen LogP contribution >= 0.6 is 27.5 Å². The van der Waals surface area contributed by atoms with E-state index >= 15 is 0 Å². The van der Waals surface area contributed by atoms with Gasteiger partial charge >= 0.3 is 0 Å². The monoisotopic (exact) mass is 276 g/mol. The minimum absolute atomic E-state index is 0.154. The molecule has 0 aliphatic carbocycles. The second-order valence-electron chi connectivity index (χ2n) is 3.12. The first-order valence-electron chi connectivity index (χ1n) is 4.39. The van der Waals surface area contributed by atoms with Gasteiger partial charge in [0.15, 0.2) is 0 Å². The van der Waals surface area contributed by atoms with Crippen LogP contribution in [-0.4, -0.2) is 24.7 Å². The van der Waals surface area contributed by atoms with Crippen LogP contribution in [0.1, 0.15) is 11.6 Å². The molecule has 2 heterocycles. The van der Waals surface area contributed by atoms with Crippen molar-refractivity contribution in [2.24, 2.45) is 0 Å². The molecule has 2 rings (SSSR count). The molecule has 0 bridgehead atoms. The van der Waals surface area contributed by atoms with E-state index in [1.807, 2.05) is 6.07 Å². The predicted octanol–water partition coefficient (Wildman–Crippen LogP) is 2.16. The van der Waals surface area contributed by atoms with E-state index in [4.69, 9.17) is 16.3 Å². The van der Waals surface area contributed by atoms with Gasteiger partial charge in [-0.1, -0.05) is 11.6 Å². The summed E-state index contributed by atoms with van der Waals surface area (Å²) >= 11 is 9.38. The van der Waals surface area contributed by atoms with Crippen molar-refractivity contribution in [3.63, 3.8) is 0 Å². The normalized spacial score (nSPS) is 22.3. The Morgan fingerprint density at radius 2 is 2.50 bits per heavy atom. The quantitative estimate of drug-likeness (QED) is 0.799. The molecule has 0 aromatic carbocycles. The first kappa shape index (κ1) is 10.4. The van der Waals surface area contributed by atoms with E-state index in [1.54, 1.807) is 6.20 Å². The Balaban J connectivity index is 2.24. The summed E-state index contributed by atoms with van der Waals surface area (Å²) in [6.45, 7) is 2.26.